The molecule has 0 aromatic carbocycles. The molecule has 19 heavy (non-hydrogen) atoms. The van der Waals surface area contributed by atoms with Crippen LogP contribution < -0.4 is 10.6 Å². The Balaban J connectivity index is 1.79. The molecule has 0 atom stereocenters. The summed E-state index contributed by atoms with van der Waals surface area (Å²) in [5.74, 6) is 0. The first-order valence-corrected chi connectivity index (χ1v) is 6.10. The molecule has 0 unspecified atom stereocenters. The molecular formula is C12H18N6O. The fourth-order valence-corrected chi connectivity index (χ4v) is 1.81. The average molecular weight is 262 g/mol. The summed E-state index contributed by atoms with van der Waals surface area (Å²) in [5.41, 5.74) is 3.46. The van der Waals surface area contributed by atoms with Crippen LogP contribution in [0.4, 0.5) is 10.5 Å². The molecule has 7 heteroatoms. The maximum atomic E-state index is 11.7. The molecule has 0 saturated carbocycles. The van der Waals surface area contributed by atoms with Gasteiger partial charge in [0.25, 0.3) is 0 Å². The molecule has 0 bridgehead atoms. The van der Waals surface area contributed by atoms with Crippen LogP contribution in [-0.2, 0) is 13.5 Å². The van der Waals surface area contributed by atoms with Gasteiger partial charge in [-0.1, -0.05) is 0 Å². The molecule has 2 heterocycles. The van der Waals surface area contributed by atoms with E-state index in [0.717, 1.165) is 29.1 Å². The molecule has 0 saturated heterocycles. The van der Waals surface area contributed by atoms with Crippen molar-refractivity contribution in [2.75, 3.05) is 11.9 Å². The number of carbonyl (C=O) groups is 1. The zero-order chi connectivity index (χ0) is 13.8. The van der Waals surface area contributed by atoms with Crippen LogP contribution in [0.3, 0.4) is 0 Å². The Labute approximate surface area is 111 Å². The summed E-state index contributed by atoms with van der Waals surface area (Å²) in [6, 6.07) is -0.225. The number of nitrogens with zero attached hydrogens (tertiary/aromatic N) is 3. The summed E-state index contributed by atoms with van der Waals surface area (Å²) in [6.07, 6.45) is 4.48. The van der Waals surface area contributed by atoms with E-state index in [1.165, 1.54) is 0 Å². The smallest absolute Gasteiger partial charge is 0.319 e. The van der Waals surface area contributed by atoms with Gasteiger partial charge in [0, 0.05) is 19.8 Å². The summed E-state index contributed by atoms with van der Waals surface area (Å²) in [4.78, 5) is 11.7. The molecule has 2 aromatic heterocycles. The minimum Gasteiger partial charge on any atom is -0.338 e. The van der Waals surface area contributed by atoms with Gasteiger partial charge in [-0.2, -0.15) is 10.2 Å². The van der Waals surface area contributed by atoms with Crippen LogP contribution in [0.15, 0.2) is 12.4 Å². The largest absolute Gasteiger partial charge is 0.338 e. The molecule has 7 nitrogen and oxygen atoms in total. The highest BCUT2D eigenvalue weighted by molar-refractivity contribution is 5.90. The summed E-state index contributed by atoms with van der Waals surface area (Å²) >= 11 is 0. The lowest BCUT2D eigenvalue weighted by Crippen LogP contribution is -2.30. The van der Waals surface area contributed by atoms with E-state index in [1.54, 1.807) is 10.9 Å². The van der Waals surface area contributed by atoms with Crippen molar-refractivity contribution in [3.05, 3.63) is 29.3 Å². The van der Waals surface area contributed by atoms with Crippen LogP contribution in [-0.4, -0.2) is 32.6 Å². The van der Waals surface area contributed by atoms with Gasteiger partial charge >= 0.3 is 6.03 Å². The number of urea groups is 1. The number of nitrogens with one attached hydrogen (secondary N) is 3. The maximum Gasteiger partial charge on any atom is 0.319 e. The average Bonchev–Trinajstić information content (AvgIpc) is 2.90. The number of anilines is 1. The first-order chi connectivity index (χ1) is 9.06. The van der Waals surface area contributed by atoms with Gasteiger partial charge in [-0.15, -0.1) is 0 Å². The normalized spacial score (nSPS) is 10.5. The minimum absolute atomic E-state index is 0.225. The van der Waals surface area contributed by atoms with Crippen LogP contribution in [0.25, 0.3) is 0 Å². The summed E-state index contributed by atoms with van der Waals surface area (Å²) < 4.78 is 1.74. The van der Waals surface area contributed by atoms with E-state index in [-0.39, 0.29) is 6.03 Å². The summed E-state index contributed by atoms with van der Waals surface area (Å²) in [5, 5.41) is 16.5. The monoisotopic (exact) mass is 262 g/mol. The number of H-pyrrole nitrogens is 1. The fourth-order valence-electron chi connectivity index (χ4n) is 1.81. The standard InChI is InChI=1S/C12H18N6O/c1-8-11(9(2)17-16-8)15-12(19)13-5-4-10-6-14-18(3)7-10/h6-7H,4-5H2,1-3H3,(H,16,17)(H2,13,15,19). The molecule has 0 aliphatic carbocycles. The Kier molecular flexibility index (Phi) is 3.84. The van der Waals surface area contributed by atoms with Gasteiger partial charge in [-0.05, 0) is 25.8 Å². The molecule has 0 spiro atoms. The quantitative estimate of drug-likeness (QED) is 0.771. The number of hydrogen-bond acceptors (Lipinski definition) is 3. The Hall–Kier alpha value is -2.31. The number of carbonyl (C=O) groups excluding carboxylic acids is 1. The Bertz CT molecular complexity index is 551. The van der Waals surface area contributed by atoms with Crippen LogP contribution in [0.2, 0.25) is 0 Å². The van der Waals surface area contributed by atoms with Crippen molar-refractivity contribution in [1.29, 1.82) is 0 Å². The van der Waals surface area contributed by atoms with E-state index in [1.807, 2.05) is 27.1 Å². The maximum absolute atomic E-state index is 11.7. The van der Waals surface area contributed by atoms with Crippen LogP contribution >= 0.6 is 0 Å². The molecule has 2 aromatic rings. The summed E-state index contributed by atoms with van der Waals surface area (Å²) in [6.45, 7) is 4.27. The van der Waals surface area contributed by atoms with Gasteiger partial charge in [-0.3, -0.25) is 9.78 Å². The van der Waals surface area contributed by atoms with Gasteiger partial charge in [0.05, 0.1) is 23.3 Å². The number of aromatic amines is 1. The highest BCUT2D eigenvalue weighted by Gasteiger charge is 2.09. The van der Waals surface area contributed by atoms with Crippen molar-refractivity contribution in [3.8, 4) is 0 Å². The summed E-state index contributed by atoms with van der Waals surface area (Å²) in [7, 11) is 1.87. The third-order valence-electron chi connectivity index (χ3n) is 2.82. The van der Waals surface area contributed by atoms with Gasteiger partial charge < -0.3 is 10.6 Å². The second-order valence-corrected chi connectivity index (χ2v) is 4.46. The SMILES string of the molecule is Cc1n[nH]c(C)c1NC(=O)NCCc1cnn(C)c1. The zero-order valence-corrected chi connectivity index (χ0v) is 11.3. The van der Waals surface area contributed by atoms with Crippen molar-refractivity contribution in [1.82, 2.24) is 25.3 Å². The number of aromatic nitrogens is 4. The predicted molar refractivity (Wildman–Crippen MR) is 72.0 cm³/mol. The molecular weight excluding hydrogens is 244 g/mol. The van der Waals surface area contributed by atoms with Gasteiger partial charge in [-0.25, -0.2) is 4.79 Å². The van der Waals surface area contributed by atoms with E-state index in [2.05, 4.69) is 25.9 Å². The Morgan fingerprint density at radius 3 is 2.84 bits per heavy atom. The van der Waals surface area contributed by atoms with E-state index in [9.17, 15) is 4.79 Å². The van der Waals surface area contributed by atoms with Gasteiger partial charge in [0.15, 0.2) is 0 Å². The third kappa shape index (κ3) is 3.34. The van der Waals surface area contributed by atoms with Crippen molar-refractivity contribution in [2.45, 2.75) is 20.3 Å². The van der Waals surface area contributed by atoms with Gasteiger partial charge in [0.1, 0.15) is 0 Å². The molecule has 0 radical (unpaired) electrons. The number of rotatable bonds is 4. The molecule has 2 rings (SSSR count). The van der Waals surface area contributed by atoms with Crippen LogP contribution in [0, 0.1) is 13.8 Å². The molecule has 0 fully saturated rings. The second kappa shape index (κ2) is 5.55. The Morgan fingerprint density at radius 1 is 1.47 bits per heavy atom. The first-order valence-electron chi connectivity index (χ1n) is 6.10. The number of amides is 2. The molecule has 0 aliphatic rings. The third-order valence-corrected chi connectivity index (χ3v) is 2.82. The highest BCUT2D eigenvalue weighted by atomic mass is 16.2. The van der Waals surface area contributed by atoms with Crippen LogP contribution in [0.5, 0.6) is 0 Å². The topological polar surface area (TPSA) is 87.6 Å². The number of aryl methyl sites for hydroxylation is 3. The van der Waals surface area contributed by atoms with Gasteiger partial charge in [0.2, 0.25) is 0 Å². The molecule has 2 amide bonds. The molecule has 3 N–H and O–H groups in total. The first kappa shape index (κ1) is 13.1. The second-order valence-electron chi connectivity index (χ2n) is 4.46. The van der Waals surface area contributed by atoms with E-state index < -0.39 is 0 Å². The van der Waals surface area contributed by atoms with Crippen LogP contribution in [0.1, 0.15) is 17.0 Å². The van der Waals surface area contributed by atoms with E-state index in [4.69, 9.17) is 0 Å². The lowest BCUT2D eigenvalue weighted by Gasteiger charge is -2.06. The van der Waals surface area contributed by atoms with Crippen molar-refractivity contribution in [2.24, 2.45) is 7.05 Å². The van der Waals surface area contributed by atoms with E-state index >= 15 is 0 Å². The number of hydrogen-bond donors (Lipinski definition) is 3. The fraction of sp³-hybridized carbons (Fsp3) is 0.417. The minimum atomic E-state index is -0.225. The lowest BCUT2D eigenvalue weighted by atomic mass is 10.2. The van der Waals surface area contributed by atoms with E-state index in [0.29, 0.717) is 6.54 Å². The molecule has 0 aliphatic heterocycles. The van der Waals surface area contributed by atoms with Crippen molar-refractivity contribution >= 4 is 11.7 Å². The predicted octanol–water partition coefficient (Wildman–Crippen LogP) is 1.12. The lowest BCUT2D eigenvalue weighted by molar-refractivity contribution is 0.252. The van der Waals surface area contributed by atoms with Crippen molar-refractivity contribution < 1.29 is 4.79 Å². The Morgan fingerprint density at radius 2 is 2.26 bits per heavy atom. The molecule has 102 valence electrons. The zero-order valence-electron chi connectivity index (χ0n) is 11.3. The van der Waals surface area contributed by atoms with Crippen molar-refractivity contribution in [3.63, 3.8) is 0 Å². The highest BCUT2D eigenvalue weighted by Crippen LogP contribution is 2.15.